The highest BCUT2D eigenvalue weighted by atomic mass is 16.5. The Hall–Kier alpha value is -0.0800. The van der Waals surface area contributed by atoms with Crippen molar-refractivity contribution >= 4 is 0 Å². The van der Waals surface area contributed by atoms with Crippen LogP contribution in [0.4, 0.5) is 0 Å². The molecule has 1 aliphatic carbocycles. The molecular formula is C12H25NO. The van der Waals surface area contributed by atoms with Crippen molar-refractivity contribution in [3.8, 4) is 0 Å². The number of hydrogen-bond acceptors (Lipinski definition) is 2. The Bertz CT molecular complexity index is 152. The van der Waals surface area contributed by atoms with Crippen molar-refractivity contribution in [1.29, 1.82) is 0 Å². The minimum atomic E-state index is 0.627. The van der Waals surface area contributed by atoms with Crippen molar-refractivity contribution in [1.82, 2.24) is 5.32 Å². The first-order valence-corrected chi connectivity index (χ1v) is 5.88. The van der Waals surface area contributed by atoms with Gasteiger partial charge in [-0.25, -0.2) is 0 Å². The van der Waals surface area contributed by atoms with Crippen LogP contribution in [0.5, 0.6) is 0 Å². The van der Waals surface area contributed by atoms with E-state index in [0.717, 1.165) is 19.1 Å². The third-order valence-corrected chi connectivity index (χ3v) is 3.24. The molecule has 1 fully saturated rings. The Morgan fingerprint density at radius 3 is 2.50 bits per heavy atom. The summed E-state index contributed by atoms with van der Waals surface area (Å²) in [4.78, 5) is 0. The van der Waals surface area contributed by atoms with Gasteiger partial charge in [-0.05, 0) is 30.6 Å². The van der Waals surface area contributed by atoms with Gasteiger partial charge in [0.2, 0.25) is 0 Å². The summed E-state index contributed by atoms with van der Waals surface area (Å²) in [5.74, 6) is 0.833. The molecule has 0 aromatic carbocycles. The number of rotatable bonds is 7. The van der Waals surface area contributed by atoms with E-state index in [1.54, 1.807) is 7.11 Å². The Labute approximate surface area is 88.4 Å². The van der Waals surface area contributed by atoms with Crippen molar-refractivity contribution in [3.63, 3.8) is 0 Å². The maximum absolute atomic E-state index is 5.03. The topological polar surface area (TPSA) is 21.3 Å². The zero-order valence-corrected chi connectivity index (χ0v) is 9.94. The summed E-state index contributed by atoms with van der Waals surface area (Å²) >= 11 is 0. The highest BCUT2D eigenvalue weighted by Gasteiger charge is 2.36. The maximum atomic E-state index is 5.03. The molecule has 0 aliphatic heterocycles. The fraction of sp³-hybridized carbons (Fsp3) is 1.00. The summed E-state index contributed by atoms with van der Waals surface area (Å²) in [5, 5.41) is 3.51. The summed E-state index contributed by atoms with van der Waals surface area (Å²) in [7, 11) is 1.76. The van der Waals surface area contributed by atoms with Crippen LogP contribution < -0.4 is 5.32 Å². The van der Waals surface area contributed by atoms with E-state index in [4.69, 9.17) is 4.74 Å². The Morgan fingerprint density at radius 1 is 1.36 bits per heavy atom. The second-order valence-electron chi connectivity index (χ2n) is 5.12. The molecule has 0 amide bonds. The van der Waals surface area contributed by atoms with E-state index >= 15 is 0 Å². The van der Waals surface area contributed by atoms with Gasteiger partial charge in [-0.2, -0.15) is 0 Å². The van der Waals surface area contributed by atoms with Crippen LogP contribution in [-0.4, -0.2) is 26.8 Å². The lowest BCUT2D eigenvalue weighted by molar-refractivity contribution is 0.0943. The van der Waals surface area contributed by atoms with Crippen LogP contribution in [0.2, 0.25) is 0 Å². The van der Waals surface area contributed by atoms with Crippen LogP contribution in [-0.2, 0) is 4.74 Å². The SMILES string of the molecule is COCCNCC1(CC(C)C)CCC1. The predicted octanol–water partition coefficient (Wildman–Crippen LogP) is 2.44. The average molecular weight is 199 g/mol. The molecule has 0 heterocycles. The van der Waals surface area contributed by atoms with Gasteiger partial charge in [0.05, 0.1) is 6.61 Å². The van der Waals surface area contributed by atoms with E-state index in [1.165, 1.54) is 32.2 Å². The maximum Gasteiger partial charge on any atom is 0.0587 e. The van der Waals surface area contributed by atoms with Gasteiger partial charge in [-0.3, -0.25) is 0 Å². The first kappa shape index (κ1) is 12.0. The Morgan fingerprint density at radius 2 is 2.07 bits per heavy atom. The van der Waals surface area contributed by atoms with E-state index < -0.39 is 0 Å². The Balaban J connectivity index is 2.17. The molecule has 0 aromatic heterocycles. The molecule has 84 valence electrons. The van der Waals surface area contributed by atoms with E-state index in [1.807, 2.05) is 0 Å². The van der Waals surface area contributed by atoms with Gasteiger partial charge >= 0.3 is 0 Å². The quantitative estimate of drug-likeness (QED) is 0.636. The van der Waals surface area contributed by atoms with Gasteiger partial charge < -0.3 is 10.1 Å². The molecule has 2 nitrogen and oxygen atoms in total. The molecule has 1 aliphatic rings. The average Bonchev–Trinajstić information content (AvgIpc) is 2.07. The van der Waals surface area contributed by atoms with Crippen molar-refractivity contribution in [2.45, 2.75) is 39.5 Å². The normalized spacial score (nSPS) is 19.7. The number of hydrogen-bond donors (Lipinski definition) is 1. The molecule has 0 bridgehead atoms. The lowest BCUT2D eigenvalue weighted by Crippen LogP contribution is -2.41. The zero-order valence-electron chi connectivity index (χ0n) is 9.94. The Kier molecular flexibility index (Phi) is 4.90. The van der Waals surface area contributed by atoms with E-state index in [9.17, 15) is 0 Å². The molecule has 1 saturated carbocycles. The molecule has 0 unspecified atom stereocenters. The number of nitrogens with one attached hydrogen (secondary N) is 1. The molecule has 1 N–H and O–H groups in total. The molecule has 2 heteroatoms. The van der Waals surface area contributed by atoms with Crippen LogP contribution in [0.15, 0.2) is 0 Å². The van der Waals surface area contributed by atoms with Crippen molar-refractivity contribution in [2.24, 2.45) is 11.3 Å². The summed E-state index contributed by atoms with van der Waals surface area (Å²) in [6.45, 7) is 7.67. The summed E-state index contributed by atoms with van der Waals surface area (Å²) in [5.41, 5.74) is 0.627. The molecule has 0 atom stereocenters. The molecule has 0 spiro atoms. The zero-order chi connectivity index (χ0) is 10.4. The van der Waals surface area contributed by atoms with Gasteiger partial charge in [0.1, 0.15) is 0 Å². The molecular weight excluding hydrogens is 174 g/mol. The van der Waals surface area contributed by atoms with Crippen LogP contribution in [0, 0.1) is 11.3 Å². The van der Waals surface area contributed by atoms with Gasteiger partial charge in [0.15, 0.2) is 0 Å². The molecule has 0 radical (unpaired) electrons. The number of ether oxygens (including phenoxy) is 1. The van der Waals surface area contributed by atoms with E-state index in [-0.39, 0.29) is 0 Å². The number of methoxy groups -OCH3 is 1. The van der Waals surface area contributed by atoms with Gasteiger partial charge in [0, 0.05) is 20.2 Å². The van der Waals surface area contributed by atoms with Crippen LogP contribution in [0.1, 0.15) is 39.5 Å². The molecule has 1 rings (SSSR count). The highest BCUT2D eigenvalue weighted by Crippen LogP contribution is 2.45. The second-order valence-corrected chi connectivity index (χ2v) is 5.12. The minimum absolute atomic E-state index is 0.627. The van der Waals surface area contributed by atoms with Crippen molar-refractivity contribution in [2.75, 3.05) is 26.8 Å². The summed E-state index contributed by atoms with van der Waals surface area (Å²) < 4.78 is 5.03. The fourth-order valence-electron chi connectivity index (χ4n) is 2.52. The van der Waals surface area contributed by atoms with Crippen LogP contribution in [0.3, 0.4) is 0 Å². The predicted molar refractivity (Wildman–Crippen MR) is 60.5 cm³/mol. The van der Waals surface area contributed by atoms with Crippen molar-refractivity contribution < 1.29 is 4.74 Å². The standard InChI is InChI=1S/C12H25NO/c1-11(2)9-12(5-4-6-12)10-13-7-8-14-3/h11,13H,4-10H2,1-3H3. The molecule has 14 heavy (non-hydrogen) atoms. The van der Waals surface area contributed by atoms with Crippen LogP contribution >= 0.6 is 0 Å². The van der Waals surface area contributed by atoms with Crippen molar-refractivity contribution in [3.05, 3.63) is 0 Å². The third kappa shape index (κ3) is 3.58. The van der Waals surface area contributed by atoms with Gasteiger partial charge in [-0.1, -0.05) is 20.3 Å². The molecule has 0 aromatic rings. The second kappa shape index (κ2) is 5.72. The lowest BCUT2D eigenvalue weighted by atomic mass is 9.64. The van der Waals surface area contributed by atoms with E-state index in [0.29, 0.717) is 5.41 Å². The first-order chi connectivity index (χ1) is 6.68. The lowest BCUT2D eigenvalue weighted by Gasteiger charge is -2.43. The van der Waals surface area contributed by atoms with Gasteiger partial charge in [-0.15, -0.1) is 0 Å². The minimum Gasteiger partial charge on any atom is -0.383 e. The summed E-state index contributed by atoms with van der Waals surface area (Å²) in [6.07, 6.45) is 5.65. The summed E-state index contributed by atoms with van der Waals surface area (Å²) in [6, 6.07) is 0. The third-order valence-electron chi connectivity index (χ3n) is 3.24. The molecule has 0 saturated heterocycles. The van der Waals surface area contributed by atoms with Gasteiger partial charge in [0.25, 0.3) is 0 Å². The fourth-order valence-corrected chi connectivity index (χ4v) is 2.52. The highest BCUT2D eigenvalue weighted by molar-refractivity contribution is 4.90. The first-order valence-electron chi connectivity index (χ1n) is 5.88. The smallest absolute Gasteiger partial charge is 0.0587 e. The van der Waals surface area contributed by atoms with Crippen LogP contribution in [0.25, 0.3) is 0 Å². The largest absolute Gasteiger partial charge is 0.383 e. The van der Waals surface area contributed by atoms with E-state index in [2.05, 4.69) is 19.2 Å². The monoisotopic (exact) mass is 199 g/mol.